The molecule has 0 bridgehead atoms. The Bertz CT molecular complexity index is 1570. The number of amides is 1. The number of carbonyl (C=O) groups is 1. The lowest BCUT2D eigenvalue weighted by molar-refractivity contribution is 0.102. The highest BCUT2D eigenvalue weighted by molar-refractivity contribution is 14.1. The topological polar surface area (TPSA) is 114 Å². The van der Waals surface area contributed by atoms with E-state index in [-0.39, 0.29) is 5.91 Å². The van der Waals surface area contributed by atoms with E-state index < -0.39 is 0 Å². The van der Waals surface area contributed by atoms with Crippen molar-refractivity contribution < 1.29 is 14.3 Å². The van der Waals surface area contributed by atoms with Gasteiger partial charge in [-0.1, -0.05) is 0 Å². The van der Waals surface area contributed by atoms with Crippen molar-refractivity contribution in [1.29, 1.82) is 0 Å². The molecule has 5 rings (SSSR count). The highest BCUT2D eigenvalue weighted by atomic mass is 127. The van der Waals surface area contributed by atoms with Gasteiger partial charge in [-0.05, 0) is 53.2 Å². The van der Waals surface area contributed by atoms with Crippen LogP contribution in [0.15, 0.2) is 36.1 Å². The maximum atomic E-state index is 13.4. The lowest BCUT2D eigenvalue weighted by Gasteiger charge is -2.20. The number of methoxy groups -OCH3 is 2. The van der Waals surface area contributed by atoms with E-state index in [0.717, 1.165) is 21.3 Å². The quantitative estimate of drug-likeness (QED) is 0.198. The number of fused-ring (bicyclic) bond motifs is 2. The summed E-state index contributed by atoms with van der Waals surface area (Å²) in [5.74, 6) is 1.20. The van der Waals surface area contributed by atoms with Crippen molar-refractivity contribution in [3.63, 3.8) is 0 Å². The zero-order chi connectivity index (χ0) is 24.7. The van der Waals surface area contributed by atoms with Gasteiger partial charge >= 0.3 is 0 Å². The second kappa shape index (κ2) is 9.34. The molecule has 0 saturated heterocycles. The third-order valence-electron chi connectivity index (χ3n) is 5.57. The second-order valence-corrected chi connectivity index (χ2v) is 9.55. The molecule has 1 amide bonds. The number of ether oxygens (including phenoxy) is 2. The normalized spacial score (nSPS) is 11.1. The molecule has 0 aliphatic rings. The first-order valence-electron chi connectivity index (χ1n) is 10.4. The molecule has 0 saturated carbocycles. The maximum Gasteiger partial charge on any atom is 0.258 e. The number of H-pyrrole nitrogens is 1. The number of rotatable bonds is 6. The van der Waals surface area contributed by atoms with Crippen LogP contribution < -0.4 is 25.6 Å². The second-order valence-electron chi connectivity index (χ2n) is 7.59. The summed E-state index contributed by atoms with van der Waals surface area (Å²) in [5.41, 5.74) is 4.39. The predicted molar refractivity (Wildman–Crippen MR) is 147 cm³/mol. The van der Waals surface area contributed by atoms with Crippen molar-refractivity contribution in [2.45, 2.75) is 6.92 Å². The van der Waals surface area contributed by atoms with Gasteiger partial charge in [-0.25, -0.2) is 9.97 Å². The summed E-state index contributed by atoms with van der Waals surface area (Å²) in [6.45, 7) is 1.83. The van der Waals surface area contributed by atoms with Crippen molar-refractivity contribution >= 4 is 91.5 Å². The molecule has 174 valence electrons. The van der Waals surface area contributed by atoms with Gasteiger partial charge < -0.3 is 20.1 Å². The summed E-state index contributed by atoms with van der Waals surface area (Å²) < 4.78 is 12.4. The predicted octanol–water partition coefficient (Wildman–Crippen LogP) is 4.29. The summed E-state index contributed by atoms with van der Waals surface area (Å²) in [5, 5.41) is 16.1. The van der Waals surface area contributed by atoms with E-state index in [4.69, 9.17) is 17.3 Å². The first-order chi connectivity index (χ1) is 16.9. The highest BCUT2D eigenvalue weighted by Gasteiger charge is 2.23. The van der Waals surface area contributed by atoms with Crippen LogP contribution in [-0.2, 0) is 0 Å². The van der Waals surface area contributed by atoms with E-state index >= 15 is 0 Å². The zero-order valence-electron chi connectivity index (χ0n) is 18.9. The molecular weight excluding hydrogens is 578 g/mol. The van der Waals surface area contributed by atoms with Crippen LogP contribution >= 0.6 is 33.9 Å². The molecule has 3 heterocycles. The monoisotopic (exact) mass is 596 g/mol. The number of benzene rings is 2. The molecule has 5 aromatic rings. The van der Waals surface area contributed by atoms with Crippen molar-refractivity contribution in [3.05, 3.63) is 50.8 Å². The Morgan fingerprint density at radius 2 is 2.00 bits per heavy atom. The van der Waals surface area contributed by atoms with Crippen LogP contribution in [0.3, 0.4) is 0 Å². The number of carbonyl (C=O) groups excluding carboxylic acids is 1. The van der Waals surface area contributed by atoms with E-state index in [1.807, 2.05) is 25.1 Å². The molecule has 0 spiro atoms. The van der Waals surface area contributed by atoms with Gasteiger partial charge in [0.1, 0.15) is 25.7 Å². The average Bonchev–Trinajstić information content (AvgIpc) is 3.50. The molecule has 2 aromatic carbocycles. The lowest BCUT2D eigenvalue weighted by Crippen LogP contribution is -2.20. The Labute approximate surface area is 219 Å². The number of hydrogen-bond donors (Lipinski definition) is 3. The standard InChI is InChI=1S/C23H18BIN6O3S/c1-10-17(16(25)20(34-3)15(24)19(10)33-2)30-23(32)13-8-35-21-18(13)26-9-27-22(21)29-12-5-4-11-7-28-31-14(11)6-12/h4-9H,1-3H3,(H,28,31)(H,30,32)(H,26,27,29). The van der Waals surface area contributed by atoms with Gasteiger partial charge in [0.25, 0.3) is 5.91 Å². The van der Waals surface area contributed by atoms with Crippen LogP contribution in [0.2, 0.25) is 0 Å². The Morgan fingerprint density at radius 1 is 1.20 bits per heavy atom. The fourth-order valence-corrected chi connectivity index (χ4v) is 5.85. The van der Waals surface area contributed by atoms with Gasteiger partial charge in [-0.2, -0.15) is 5.10 Å². The number of aromatic amines is 1. The minimum Gasteiger partial charge on any atom is -0.497 e. The van der Waals surface area contributed by atoms with E-state index in [9.17, 15) is 4.79 Å². The molecule has 0 aliphatic heterocycles. The van der Waals surface area contributed by atoms with Crippen LogP contribution in [0.4, 0.5) is 17.2 Å². The first-order valence-corrected chi connectivity index (χ1v) is 12.3. The minimum atomic E-state index is -0.310. The number of anilines is 3. The number of thiophene rings is 1. The van der Waals surface area contributed by atoms with Gasteiger partial charge in [0.15, 0.2) is 5.82 Å². The molecule has 2 radical (unpaired) electrons. The first kappa shape index (κ1) is 23.4. The van der Waals surface area contributed by atoms with E-state index in [1.165, 1.54) is 31.9 Å². The smallest absolute Gasteiger partial charge is 0.258 e. The van der Waals surface area contributed by atoms with Gasteiger partial charge in [0, 0.05) is 22.0 Å². The maximum absolute atomic E-state index is 13.4. The van der Waals surface area contributed by atoms with Gasteiger partial charge in [0.2, 0.25) is 0 Å². The lowest BCUT2D eigenvalue weighted by atomic mass is 9.90. The number of nitrogens with one attached hydrogen (secondary N) is 3. The van der Waals surface area contributed by atoms with Crippen LogP contribution in [0, 0.1) is 10.5 Å². The molecule has 12 heteroatoms. The molecule has 3 N–H and O–H groups in total. The molecule has 35 heavy (non-hydrogen) atoms. The Hall–Kier alpha value is -3.39. The average molecular weight is 596 g/mol. The number of nitrogens with zero attached hydrogens (tertiary/aromatic N) is 3. The molecule has 0 unspecified atom stereocenters. The fraction of sp³-hybridized carbons (Fsp3) is 0.130. The van der Waals surface area contributed by atoms with Gasteiger partial charge in [0.05, 0.1) is 51.0 Å². The van der Waals surface area contributed by atoms with Gasteiger partial charge in [-0.3, -0.25) is 9.89 Å². The Balaban J connectivity index is 1.49. The van der Waals surface area contributed by atoms with Gasteiger partial charge in [-0.15, -0.1) is 11.3 Å². The van der Waals surface area contributed by atoms with E-state index in [2.05, 4.69) is 53.4 Å². The summed E-state index contributed by atoms with van der Waals surface area (Å²) in [6, 6.07) is 5.86. The SMILES string of the molecule is [B]c1c(OC)c(C)c(NC(=O)c2csc3c(Nc4ccc5cn[nH]c5c4)ncnc23)c(I)c1OC. The van der Waals surface area contributed by atoms with Crippen LogP contribution in [0.25, 0.3) is 21.1 Å². The van der Waals surface area contributed by atoms with Crippen LogP contribution in [0.1, 0.15) is 15.9 Å². The summed E-state index contributed by atoms with van der Waals surface area (Å²) >= 11 is 3.49. The largest absolute Gasteiger partial charge is 0.497 e. The van der Waals surface area contributed by atoms with Crippen molar-refractivity contribution in [3.8, 4) is 11.5 Å². The Morgan fingerprint density at radius 3 is 2.77 bits per heavy atom. The Kier molecular flexibility index (Phi) is 6.23. The minimum absolute atomic E-state index is 0.310. The summed E-state index contributed by atoms with van der Waals surface area (Å²) in [6.07, 6.45) is 3.20. The summed E-state index contributed by atoms with van der Waals surface area (Å²) in [4.78, 5) is 22.1. The highest BCUT2D eigenvalue weighted by Crippen LogP contribution is 2.37. The van der Waals surface area contributed by atoms with Crippen molar-refractivity contribution in [2.24, 2.45) is 0 Å². The van der Waals surface area contributed by atoms with Crippen molar-refractivity contribution in [1.82, 2.24) is 20.2 Å². The molecule has 3 aromatic heterocycles. The number of aromatic nitrogens is 4. The van der Waals surface area contributed by atoms with E-state index in [1.54, 1.807) is 11.6 Å². The molecule has 0 atom stereocenters. The van der Waals surface area contributed by atoms with Crippen molar-refractivity contribution in [2.75, 3.05) is 24.9 Å². The van der Waals surface area contributed by atoms with E-state index in [0.29, 0.717) is 48.7 Å². The molecule has 0 aliphatic carbocycles. The summed E-state index contributed by atoms with van der Waals surface area (Å²) in [7, 11) is 9.23. The number of halogens is 1. The molecule has 0 fully saturated rings. The third-order valence-corrected chi connectivity index (χ3v) is 7.58. The number of hydrogen-bond acceptors (Lipinski definition) is 8. The zero-order valence-corrected chi connectivity index (χ0v) is 21.9. The molecule has 9 nitrogen and oxygen atoms in total. The van der Waals surface area contributed by atoms with Crippen LogP contribution in [-0.4, -0.2) is 48.1 Å². The fourth-order valence-electron chi connectivity index (χ4n) is 3.86. The molecular formula is C23H18BIN6O3S. The third kappa shape index (κ3) is 4.06. The van der Waals surface area contributed by atoms with Crippen LogP contribution in [0.5, 0.6) is 11.5 Å².